The van der Waals surface area contributed by atoms with Crippen LogP contribution in [0.15, 0.2) is 11.1 Å². The molecular weight excluding hydrogens is 224 g/mol. The zero-order chi connectivity index (χ0) is 13.1. The molecule has 100 valence electrons. The summed E-state index contributed by atoms with van der Waals surface area (Å²) in [5.41, 5.74) is 0.0524. The quantitative estimate of drug-likeness (QED) is 0.311. The first-order valence-electron chi connectivity index (χ1n) is 5.91. The summed E-state index contributed by atoms with van der Waals surface area (Å²) in [4.78, 5) is 11.5. The van der Waals surface area contributed by atoms with Crippen LogP contribution in [-0.2, 0) is 9.53 Å². The molecule has 5 nitrogen and oxygen atoms in total. The third-order valence-corrected chi connectivity index (χ3v) is 2.44. The molecule has 0 atom stereocenters. The molecule has 0 aliphatic carbocycles. The van der Waals surface area contributed by atoms with Crippen LogP contribution in [0.25, 0.3) is 0 Å². The van der Waals surface area contributed by atoms with Crippen LogP contribution < -0.4 is 0 Å². The lowest BCUT2D eigenvalue weighted by Crippen LogP contribution is -2.17. The minimum absolute atomic E-state index is 0.0505. The Kier molecular flexibility index (Phi) is 9.71. The number of carbonyl (C=O) groups is 1. The van der Waals surface area contributed by atoms with Crippen molar-refractivity contribution in [2.45, 2.75) is 32.6 Å². The monoisotopic (exact) mass is 246 g/mol. The van der Waals surface area contributed by atoms with Crippen LogP contribution >= 0.6 is 0 Å². The number of aliphatic hydroxyl groups excluding tert-OH is 3. The van der Waals surface area contributed by atoms with E-state index in [-0.39, 0.29) is 11.1 Å². The zero-order valence-electron chi connectivity index (χ0n) is 10.3. The SMILES string of the molecule is CCCCCCOC(=O)C(CO)=C(CO)CO. The maximum atomic E-state index is 11.5. The van der Waals surface area contributed by atoms with Crippen LogP contribution in [0.5, 0.6) is 0 Å². The fraction of sp³-hybridized carbons (Fsp3) is 0.750. The van der Waals surface area contributed by atoms with E-state index in [2.05, 4.69) is 6.92 Å². The van der Waals surface area contributed by atoms with Crippen molar-refractivity contribution < 1.29 is 24.9 Å². The van der Waals surface area contributed by atoms with E-state index < -0.39 is 25.8 Å². The first-order valence-corrected chi connectivity index (χ1v) is 5.91. The van der Waals surface area contributed by atoms with Gasteiger partial charge in [0.25, 0.3) is 0 Å². The average molecular weight is 246 g/mol. The van der Waals surface area contributed by atoms with E-state index in [0.717, 1.165) is 25.7 Å². The number of unbranched alkanes of at least 4 members (excludes halogenated alkanes) is 3. The van der Waals surface area contributed by atoms with E-state index in [1.807, 2.05) is 0 Å². The van der Waals surface area contributed by atoms with Gasteiger partial charge in [0.15, 0.2) is 0 Å². The standard InChI is InChI=1S/C12H22O5/c1-2-3-4-5-6-17-12(16)11(9-15)10(7-13)8-14/h13-15H,2-9H2,1H3. The smallest absolute Gasteiger partial charge is 0.336 e. The van der Waals surface area contributed by atoms with Crippen molar-refractivity contribution in [1.82, 2.24) is 0 Å². The van der Waals surface area contributed by atoms with Crippen molar-refractivity contribution in [1.29, 1.82) is 0 Å². The predicted octanol–water partition coefficient (Wildman–Crippen LogP) is 0.383. The summed E-state index contributed by atoms with van der Waals surface area (Å²) in [5.74, 6) is -0.665. The van der Waals surface area contributed by atoms with E-state index >= 15 is 0 Å². The van der Waals surface area contributed by atoms with Crippen molar-refractivity contribution in [2.24, 2.45) is 0 Å². The highest BCUT2D eigenvalue weighted by Gasteiger charge is 2.14. The molecule has 0 aromatic carbocycles. The van der Waals surface area contributed by atoms with Gasteiger partial charge in [-0.05, 0) is 12.0 Å². The van der Waals surface area contributed by atoms with Gasteiger partial charge < -0.3 is 20.1 Å². The van der Waals surface area contributed by atoms with Gasteiger partial charge in [0.1, 0.15) is 0 Å². The third kappa shape index (κ3) is 6.41. The number of ether oxygens (including phenoxy) is 1. The normalized spacial score (nSPS) is 10.1. The minimum Gasteiger partial charge on any atom is -0.462 e. The van der Waals surface area contributed by atoms with E-state index in [1.165, 1.54) is 0 Å². The molecule has 0 unspecified atom stereocenters. The minimum atomic E-state index is -0.665. The molecule has 0 spiro atoms. The van der Waals surface area contributed by atoms with Crippen molar-refractivity contribution >= 4 is 5.97 Å². The van der Waals surface area contributed by atoms with Crippen LogP contribution in [-0.4, -0.2) is 47.7 Å². The number of aliphatic hydroxyl groups is 3. The van der Waals surface area contributed by atoms with Crippen LogP contribution in [0.4, 0.5) is 0 Å². The van der Waals surface area contributed by atoms with Crippen LogP contribution in [0.1, 0.15) is 32.6 Å². The molecule has 0 aliphatic heterocycles. The Bertz CT molecular complexity index is 241. The summed E-state index contributed by atoms with van der Waals surface area (Å²) in [6.45, 7) is 0.929. The molecule has 5 heteroatoms. The molecule has 0 aromatic heterocycles. The highest BCUT2D eigenvalue weighted by atomic mass is 16.5. The second-order valence-corrected chi connectivity index (χ2v) is 3.75. The van der Waals surface area contributed by atoms with E-state index in [1.54, 1.807) is 0 Å². The second-order valence-electron chi connectivity index (χ2n) is 3.75. The highest BCUT2D eigenvalue weighted by molar-refractivity contribution is 5.89. The van der Waals surface area contributed by atoms with E-state index in [0.29, 0.717) is 6.61 Å². The Hall–Kier alpha value is -0.910. The summed E-state index contributed by atoms with van der Waals surface area (Å²) >= 11 is 0. The molecule has 17 heavy (non-hydrogen) atoms. The van der Waals surface area contributed by atoms with Crippen molar-refractivity contribution in [3.63, 3.8) is 0 Å². The number of esters is 1. The molecule has 0 amide bonds. The summed E-state index contributed by atoms with van der Waals surface area (Å²) in [5, 5.41) is 26.8. The predicted molar refractivity (Wildman–Crippen MR) is 63.4 cm³/mol. The number of carbonyl (C=O) groups excluding carboxylic acids is 1. The zero-order valence-corrected chi connectivity index (χ0v) is 10.3. The Morgan fingerprint density at radius 1 is 1.00 bits per heavy atom. The van der Waals surface area contributed by atoms with E-state index in [4.69, 9.17) is 20.1 Å². The third-order valence-electron chi connectivity index (χ3n) is 2.44. The lowest BCUT2D eigenvalue weighted by atomic mass is 10.1. The van der Waals surface area contributed by atoms with Crippen molar-refractivity contribution in [3.8, 4) is 0 Å². The summed E-state index contributed by atoms with van der Waals surface area (Å²) in [6, 6.07) is 0. The Morgan fingerprint density at radius 3 is 2.12 bits per heavy atom. The Labute approximate surface area is 102 Å². The fourth-order valence-electron chi connectivity index (χ4n) is 1.34. The molecule has 0 heterocycles. The largest absolute Gasteiger partial charge is 0.462 e. The topological polar surface area (TPSA) is 87.0 Å². The van der Waals surface area contributed by atoms with Crippen molar-refractivity contribution in [3.05, 3.63) is 11.1 Å². The number of hydrogen-bond donors (Lipinski definition) is 3. The fourth-order valence-corrected chi connectivity index (χ4v) is 1.34. The lowest BCUT2D eigenvalue weighted by Gasteiger charge is -2.09. The molecule has 0 saturated heterocycles. The maximum Gasteiger partial charge on any atom is 0.336 e. The second kappa shape index (κ2) is 10.3. The number of hydrogen-bond acceptors (Lipinski definition) is 5. The number of rotatable bonds is 9. The molecule has 0 saturated carbocycles. The molecule has 0 aliphatic rings. The van der Waals surface area contributed by atoms with Gasteiger partial charge in [-0.25, -0.2) is 4.79 Å². The van der Waals surface area contributed by atoms with Gasteiger partial charge in [0.05, 0.1) is 32.0 Å². The van der Waals surface area contributed by atoms with Gasteiger partial charge in [-0.15, -0.1) is 0 Å². The molecule has 0 radical (unpaired) electrons. The van der Waals surface area contributed by atoms with Gasteiger partial charge in [-0.1, -0.05) is 26.2 Å². The molecule has 0 fully saturated rings. The molecule has 3 N–H and O–H groups in total. The molecule has 0 bridgehead atoms. The van der Waals surface area contributed by atoms with Crippen LogP contribution in [0, 0.1) is 0 Å². The van der Waals surface area contributed by atoms with Gasteiger partial charge in [0.2, 0.25) is 0 Å². The molecule has 0 rings (SSSR count). The van der Waals surface area contributed by atoms with Crippen LogP contribution in [0.3, 0.4) is 0 Å². The first-order chi connectivity index (χ1) is 8.21. The molecule has 0 aromatic rings. The highest BCUT2D eigenvalue weighted by Crippen LogP contribution is 2.07. The first kappa shape index (κ1) is 16.1. The lowest BCUT2D eigenvalue weighted by molar-refractivity contribution is -0.139. The van der Waals surface area contributed by atoms with Gasteiger partial charge in [0, 0.05) is 0 Å². The van der Waals surface area contributed by atoms with Crippen LogP contribution in [0.2, 0.25) is 0 Å². The summed E-state index contributed by atoms with van der Waals surface area (Å²) in [7, 11) is 0. The Morgan fingerprint density at radius 2 is 1.65 bits per heavy atom. The van der Waals surface area contributed by atoms with Gasteiger partial charge in [-0.2, -0.15) is 0 Å². The van der Waals surface area contributed by atoms with Gasteiger partial charge >= 0.3 is 5.97 Å². The summed E-state index contributed by atoms with van der Waals surface area (Å²) < 4.78 is 4.95. The van der Waals surface area contributed by atoms with E-state index in [9.17, 15) is 4.79 Å². The Balaban J connectivity index is 4.13. The van der Waals surface area contributed by atoms with Crippen molar-refractivity contribution in [2.75, 3.05) is 26.4 Å². The average Bonchev–Trinajstić information content (AvgIpc) is 2.35. The maximum absolute atomic E-state index is 11.5. The van der Waals surface area contributed by atoms with Gasteiger partial charge in [-0.3, -0.25) is 0 Å². The summed E-state index contributed by atoms with van der Waals surface area (Å²) in [6.07, 6.45) is 3.98. The molecular formula is C12H22O5.